The molecule has 2 heterocycles. The molecule has 19 heavy (non-hydrogen) atoms. The van der Waals surface area contributed by atoms with Gasteiger partial charge in [0.1, 0.15) is 10.8 Å². The lowest BCUT2D eigenvalue weighted by atomic mass is 10.3. The van der Waals surface area contributed by atoms with Crippen LogP contribution in [0.25, 0.3) is 0 Å². The maximum Gasteiger partial charge on any atom is 0.274 e. The molecule has 0 radical (unpaired) electrons. The van der Waals surface area contributed by atoms with E-state index in [1.807, 2.05) is 19.0 Å². The van der Waals surface area contributed by atoms with Crippen LogP contribution >= 0.6 is 11.6 Å². The smallest absolute Gasteiger partial charge is 0.274 e. The number of hydrogen-bond donors (Lipinski definition) is 1. The molecule has 98 valence electrons. The molecule has 1 N–H and O–H groups in total. The summed E-state index contributed by atoms with van der Waals surface area (Å²) in [5, 5.41) is 3.06. The van der Waals surface area contributed by atoms with Gasteiger partial charge in [-0.1, -0.05) is 17.7 Å². The van der Waals surface area contributed by atoms with Gasteiger partial charge in [0.05, 0.1) is 5.69 Å². The fourth-order valence-electron chi connectivity index (χ4n) is 1.57. The van der Waals surface area contributed by atoms with Crippen LogP contribution in [0, 0.1) is 0 Å². The molecule has 2 aromatic heterocycles. The highest BCUT2D eigenvalue weighted by Crippen LogP contribution is 2.21. The molecular formula is C13H13ClN4O. The lowest BCUT2D eigenvalue weighted by Gasteiger charge is -2.16. The highest BCUT2D eigenvalue weighted by molar-refractivity contribution is 6.29. The predicted molar refractivity (Wildman–Crippen MR) is 75.8 cm³/mol. The minimum absolute atomic E-state index is 0.265. The van der Waals surface area contributed by atoms with Gasteiger partial charge >= 0.3 is 0 Å². The van der Waals surface area contributed by atoms with Gasteiger partial charge in [0.2, 0.25) is 0 Å². The summed E-state index contributed by atoms with van der Waals surface area (Å²) >= 11 is 5.76. The van der Waals surface area contributed by atoms with Crippen molar-refractivity contribution in [1.29, 1.82) is 0 Å². The summed E-state index contributed by atoms with van der Waals surface area (Å²) in [7, 11) is 3.71. The molecule has 0 atom stereocenters. The fourth-order valence-corrected chi connectivity index (χ4v) is 1.74. The fraction of sp³-hybridized carbons (Fsp3) is 0.154. The number of anilines is 2. The summed E-state index contributed by atoms with van der Waals surface area (Å²) in [6.07, 6.45) is 1.67. The van der Waals surface area contributed by atoms with Crippen LogP contribution in [0.5, 0.6) is 0 Å². The minimum atomic E-state index is -0.321. The Balaban J connectivity index is 2.24. The standard InChI is InChI=1S/C13H13ClN4O/c1-18(2)12-9(6-4-8-15-12)17-13(19)10-5-3-7-11(14)16-10/h3-8H,1-2H3,(H,17,19). The summed E-state index contributed by atoms with van der Waals surface area (Å²) < 4.78 is 0. The molecule has 0 aliphatic rings. The average molecular weight is 277 g/mol. The molecule has 2 aromatic rings. The zero-order valence-corrected chi connectivity index (χ0v) is 11.3. The molecular weight excluding hydrogens is 264 g/mol. The van der Waals surface area contributed by atoms with Gasteiger partial charge in [-0.05, 0) is 24.3 Å². The number of amides is 1. The van der Waals surface area contributed by atoms with E-state index in [2.05, 4.69) is 15.3 Å². The van der Waals surface area contributed by atoms with E-state index >= 15 is 0 Å². The van der Waals surface area contributed by atoms with Crippen LogP contribution < -0.4 is 10.2 Å². The number of hydrogen-bond acceptors (Lipinski definition) is 4. The van der Waals surface area contributed by atoms with Crippen molar-refractivity contribution >= 4 is 29.0 Å². The van der Waals surface area contributed by atoms with E-state index in [-0.39, 0.29) is 16.8 Å². The maximum absolute atomic E-state index is 12.1. The van der Waals surface area contributed by atoms with Crippen molar-refractivity contribution in [3.8, 4) is 0 Å². The van der Waals surface area contributed by atoms with Gasteiger partial charge in [0, 0.05) is 20.3 Å². The first kappa shape index (κ1) is 13.3. The first-order valence-corrected chi connectivity index (χ1v) is 6.02. The number of halogens is 1. The first-order valence-electron chi connectivity index (χ1n) is 5.64. The molecule has 0 aliphatic carbocycles. The molecule has 0 aliphatic heterocycles. The van der Waals surface area contributed by atoms with Gasteiger partial charge in [0.25, 0.3) is 5.91 Å². The van der Waals surface area contributed by atoms with Crippen LogP contribution in [0.3, 0.4) is 0 Å². The van der Waals surface area contributed by atoms with E-state index in [1.54, 1.807) is 36.5 Å². The van der Waals surface area contributed by atoms with Gasteiger partial charge < -0.3 is 10.2 Å². The Labute approximate surface area is 116 Å². The zero-order chi connectivity index (χ0) is 13.8. The summed E-state index contributed by atoms with van der Waals surface area (Å²) in [6, 6.07) is 8.44. The maximum atomic E-state index is 12.1. The third kappa shape index (κ3) is 3.20. The number of carbonyl (C=O) groups excluding carboxylic acids is 1. The van der Waals surface area contributed by atoms with E-state index in [4.69, 9.17) is 11.6 Å². The lowest BCUT2D eigenvalue weighted by molar-refractivity contribution is 0.102. The van der Waals surface area contributed by atoms with Gasteiger partial charge in [-0.3, -0.25) is 4.79 Å². The van der Waals surface area contributed by atoms with E-state index in [9.17, 15) is 4.79 Å². The molecule has 6 heteroatoms. The Hall–Kier alpha value is -2.14. The van der Waals surface area contributed by atoms with E-state index < -0.39 is 0 Å². The number of nitrogens with zero attached hydrogens (tertiary/aromatic N) is 3. The number of nitrogens with one attached hydrogen (secondary N) is 1. The Bertz CT molecular complexity index is 601. The molecule has 0 aromatic carbocycles. The summed E-state index contributed by atoms with van der Waals surface area (Å²) in [4.78, 5) is 22.1. The summed E-state index contributed by atoms with van der Waals surface area (Å²) in [5.41, 5.74) is 0.889. The normalized spacial score (nSPS) is 10.1. The van der Waals surface area contributed by atoms with Gasteiger partial charge in [0.15, 0.2) is 5.82 Å². The molecule has 5 nitrogen and oxygen atoms in total. The number of carbonyl (C=O) groups is 1. The van der Waals surface area contributed by atoms with E-state index in [0.29, 0.717) is 11.5 Å². The molecule has 0 bridgehead atoms. The molecule has 0 fully saturated rings. The molecule has 0 unspecified atom stereocenters. The second-order valence-electron chi connectivity index (χ2n) is 4.07. The second-order valence-corrected chi connectivity index (χ2v) is 4.46. The SMILES string of the molecule is CN(C)c1ncccc1NC(=O)c1cccc(Cl)n1. The highest BCUT2D eigenvalue weighted by atomic mass is 35.5. The van der Waals surface area contributed by atoms with Crippen LogP contribution in [-0.2, 0) is 0 Å². The van der Waals surface area contributed by atoms with Crippen molar-refractivity contribution in [3.63, 3.8) is 0 Å². The quantitative estimate of drug-likeness (QED) is 0.875. The average Bonchev–Trinajstić information content (AvgIpc) is 2.39. The second kappa shape index (κ2) is 5.67. The summed E-state index contributed by atoms with van der Waals surface area (Å²) in [6.45, 7) is 0. The predicted octanol–water partition coefficient (Wildman–Crippen LogP) is 2.45. The Morgan fingerprint density at radius 1 is 1.26 bits per heavy atom. The number of pyridine rings is 2. The third-order valence-corrected chi connectivity index (χ3v) is 2.62. The number of rotatable bonds is 3. The van der Waals surface area contributed by atoms with Crippen molar-refractivity contribution in [3.05, 3.63) is 47.4 Å². The van der Waals surface area contributed by atoms with Crippen molar-refractivity contribution in [2.45, 2.75) is 0 Å². The first-order chi connectivity index (χ1) is 9.08. The van der Waals surface area contributed by atoms with Gasteiger partial charge in [-0.25, -0.2) is 9.97 Å². The Kier molecular flexibility index (Phi) is 3.97. The van der Waals surface area contributed by atoms with Crippen LogP contribution in [0.1, 0.15) is 10.5 Å². The van der Waals surface area contributed by atoms with Crippen molar-refractivity contribution in [2.24, 2.45) is 0 Å². The largest absolute Gasteiger partial charge is 0.361 e. The molecule has 1 amide bonds. The zero-order valence-electron chi connectivity index (χ0n) is 10.6. The van der Waals surface area contributed by atoms with Crippen LogP contribution in [0.2, 0.25) is 5.15 Å². The number of aromatic nitrogens is 2. The van der Waals surface area contributed by atoms with E-state index in [0.717, 1.165) is 0 Å². The van der Waals surface area contributed by atoms with Crippen molar-refractivity contribution in [1.82, 2.24) is 9.97 Å². The third-order valence-electron chi connectivity index (χ3n) is 2.41. The van der Waals surface area contributed by atoms with Gasteiger partial charge in [-0.15, -0.1) is 0 Å². The lowest BCUT2D eigenvalue weighted by Crippen LogP contribution is -2.18. The molecule has 2 rings (SSSR count). The Morgan fingerprint density at radius 2 is 2.05 bits per heavy atom. The topological polar surface area (TPSA) is 58.1 Å². The van der Waals surface area contributed by atoms with Crippen molar-refractivity contribution in [2.75, 3.05) is 24.3 Å². The van der Waals surface area contributed by atoms with Gasteiger partial charge in [-0.2, -0.15) is 0 Å². The van der Waals surface area contributed by atoms with Crippen LogP contribution in [0.15, 0.2) is 36.5 Å². The van der Waals surface area contributed by atoms with Crippen molar-refractivity contribution < 1.29 is 4.79 Å². The highest BCUT2D eigenvalue weighted by Gasteiger charge is 2.12. The molecule has 0 saturated carbocycles. The monoisotopic (exact) mass is 276 g/mol. The van der Waals surface area contributed by atoms with Crippen LogP contribution in [-0.4, -0.2) is 30.0 Å². The molecule has 0 saturated heterocycles. The minimum Gasteiger partial charge on any atom is -0.361 e. The van der Waals surface area contributed by atoms with E-state index in [1.165, 1.54) is 0 Å². The molecule has 0 spiro atoms. The van der Waals surface area contributed by atoms with Crippen LogP contribution in [0.4, 0.5) is 11.5 Å². The summed E-state index contributed by atoms with van der Waals surface area (Å²) in [5.74, 6) is 0.358. The Morgan fingerprint density at radius 3 is 2.74 bits per heavy atom.